The molecule has 0 fully saturated rings. The summed E-state index contributed by atoms with van der Waals surface area (Å²) in [4.78, 5) is 11.1. The molecule has 0 aliphatic carbocycles. The predicted octanol–water partition coefficient (Wildman–Crippen LogP) is 1.50. The highest BCUT2D eigenvalue weighted by Gasteiger charge is 2.13. The molecule has 0 aromatic heterocycles. The fraction of sp³-hybridized carbons (Fsp3) is 0.500. The summed E-state index contributed by atoms with van der Waals surface area (Å²) >= 11 is 0. The van der Waals surface area contributed by atoms with Crippen LogP contribution in [0.25, 0.3) is 5.41 Å². The maximum absolute atomic E-state index is 11.1. The van der Waals surface area contributed by atoms with Crippen molar-refractivity contribution in [1.82, 2.24) is 0 Å². The van der Waals surface area contributed by atoms with Crippen LogP contribution >= 0.6 is 0 Å². The van der Waals surface area contributed by atoms with Crippen molar-refractivity contribution < 1.29 is 9.53 Å². The van der Waals surface area contributed by atoms with Gasteiger partial charge in [-0.3, -0.25) is 5.87 Å². The van der Waals surface area contributed by atoms with Gasteiger partial charge in [-0.15, -0.1) is 0 Å². The minimum Gasteiger partial charge on any atom is -0.763 e. The number of esters is 1. The SMILES string of the molecule is CC[S+](C)/C=C(/C)C(=C=[N-])C(=O)OC. The summed E-state index contributed by atoms with van der Waals surface area (Å²) in [5, 5.41) is 10.7. The zero-order valence-electron chi connectivity index (χ0n) is 8.96. The Kier molecular flexibility index (Phi) is 6.00. The molecule has 78 valence electrons. The zero-order chi connectivity index (χ0) is 11.1. The summed E-state index contributed by atoms with van der Waals surface area (Å²) in [5.41, 5.74) is 0.798. The molecule has 0 heterocycles. The van der Waals surface area contributed by atoms with Crippen LogP contribution in [0.2, 0.25) is 0 Å². The molecule has 0 bridgehead atoms. The lowest BCUT2D eigenvalue weighted by atomic mass is 10.1. The predicted molar refractivity (Wildman–Crippen MR) is 61.5 cm³/mol. The third-order valence-electron chi connectivity index (χ3n) is 1.73. The van der Waals surface area contributed by atoms with Crippen LogP contribution in [0.4, 0.5) is 0 Å². The first-order valence-corrected chi connectivity index (χ1v) is 6.08. The second-order valence-electron chi connectivity index (χ2n) is 2.76. The summed E-state index contributed by atoms with van der Waals surface area (Å²) in [5.74, 6) is 2.31. The van der Waals surface area contributed by atoms with E-state index in [0.29, 0.717) is 5.57 Å². The molecule has 0 rings (SSSR count). The molecule has 4 heteroatoms. The van der Waals surface area contributed by atoms with Gasteiger partial charge in [-0.2, -0.15) is 0 Å². The molecule has 0 aromatic rings. The van der Waals surface area contributed by atoms with Gasteiger partial charge in [-0.05, 0) is 13.8 Å². The van der Waals surface area contributed by atoms with Gasteiger partial charge in [0.25, 0.3) is 0 Å². The lowest BCUT2D eigenvalue weighted by molar-refractivity contribution is -0.135. The Morgan fingerprint density at radius 3 is 2.57 bits per heavy atom. The van der Waals surface area contributed by atoms with Gasteiger partial charge >= 0.3 is 5.97 Å². The number of nitrogens with zero attached hydrogens (tertiary/aromatic N) is 1. The minimum atomic E-state index is -0.561. The monoisotopic (exact) mass is 213 g/mol. The maximum atomic E-state index is 11.1. The number of ether oxygens (including phenoxy) is 1. The number of hydrogen-bond acceptors (Lipinski definition) is 2. The van der Waals surface area contributed by atoms with Crippen molar-refractivity contribution in [3.8, 4) is 0 Å². The van der Waals surface area contributed by atoms with Gasteiger partial charge in [-0.25, -0.2) is 4.79 Å². The fourth-order valence-electron chi connectivity index (χ4n) is 0.841. The Balaban J connectivity index is 4.81. The summed E-state index contributed by atoms with van der Waals surface area (Å²) in [6.45, 7) is 3.83. The minimum absolute atomic E-state index is 0.0975. The van der Waals surface area contributed by atoms with Crippen LogP contribution in [-0.2, 0) is 20.4 Å². The van der Waals surface area contributed by atoms with Crippen molar-refractivity contribution in [3.63, 3.8) is 0 Å². The van der Waals surface area contributed by atoms with E-state index in [-0.39, 0.29) is 16.5 Å². The van der Waals surface area contributed by atoms with Crippen molar-refractivity contribution in [2.45, 2.75) is 13.8 Å². The smallest absolute Gasteiger partial charge is 0.344 e. The lowest BCUT2D eigenvalue weighted by Crippen LogP contribution is -2.08. The van der Waals surface area contributed by atoms with E-state index in [2.05, 4.69) is 17.9 Å². The average molecular weight is 213 g/mol. The van der Waals surface area contributed by atoms with Crippen molar-refractivity contribution in [2.75, 3.05) is 19.1 Å². The van der Waals surface area contributed by atoms with Crippen molar-refractivity contribution >= 4 is 22.7 Å². The Bertz CT molecular complexity index is 290. The molecule has 1 atom stereocenters. The van der Waals surface area contributed by atoms with E-state index in [1.54, 1.807) is 6.92 Å². The standard InChI is InChI=1S/C10H15NO2S/c1-5-14(4)7-8(2)9(6-11)10(12)13-3/h7H,5H2,1-4H3/b8-7-. The Morgan fingerprint density at radius 2 is 2.21 bits per heavy atom. The summed E-state index contributed by atoms with van der Waals surface area (Å²) < 4.78 is 4.50. The highest BCUT2D eigenvalue weighted by atomic mass is 32.2. The first-order valence-electron chi connectivity index (χ1n) is 4.22. The quantitative estimate of drug-likeness (QED) is 0.233. The molecule has 0 saturated heterocycles. The Labute approximate surface area is 87.7 Å². The Morgan fingerprint density at radius 1 is 1.64 bits per heavy atom. The molecular formula is C10H15NO2S. The van der Waals surface area contributed by atoms with Crippen molar-refractivity contribution in [2.24, 2.45) is 0 Å². The van der Waals surface area contributed by atoms with Crippen LogP contribution in [0.15, 0.2) is 16.6 Å². The van der Waals surface area contributed by atoms with Gasteiger partial charge in [0.05, 0.1) is 12.7 Å². The number of hydrogen-bond donors (Lipinski definition) is 0. The summed E-state index contributed by atoms with van der Waals surface area (Å²) in [7, 11) is 1.39. The number of carbonyl (C=O) groups is 1. The third kappa shape index (κ3) is 3.81. The second kappa shape index (κ2) is 6.46. The maximum Gasteiger partial charge on any atom is 0.344 e. The number of carbonyl (C=O) groups excluding carboxylic acids is 1. The van der Waals surface area contributed by atoms with Crippen LogP contribution in [0.5, 0.6) is 0 Å². The fourth-order valence-corrected chi connectivity index (χ4v) is 1.73. The van der Waals surface area contributed by atoms with Crippen molar-refractivity contribution in [1.29, 1.82) is 0 Å². The molecule has 1 unspecified atom stereocenters. The highest BCUT2D eigenvalue weighted by Crippen LogP contribution is 2.10. The van der Waals surface area contributed by atoms with Crippen LogP contribution in [0.1, 0.15) is 13.8 Å². The molecule has 3 nitrogen and oxygen atoms in total. The topological polar surface area (TPSA) is 48.6 Å². The van der Waals surface area contributed by atoms with Crippen LogP contribution in [0.3, 0.4) is 0 Å². The Hall–Kier alpha value is -0.990. The summed E-state index contributed by atoms with van der Waals surface area (Å²) in [6.07, 6.45) is 2.07. The number of rotatable bonds is 4. The third-order valence-corrected chi connectivity index (χ3v) is 3.40. The van der Waals surface area contributed by atoms with Crippen LogP contribution in [0, 0.1) is 0 Å². The molecule has 0 spiro atoms. The molecule has 0 aliphatic rings. The van der Waals surface area contributed by atoms with E-state index in [1.165, 1.54) is 7.11 Å². The first-order chi connectivity index (χ1) is 6.56. The second-order valence-corrected chi connectivity index (χ2v) is 4.95. The first kappa shape index (κ1) is 13.0. The van der Waals surface area contributed by atoms with Crippen LogP contribution in [-0.4, -0.2) is 31.0 Å². The van der Waals surface area contributed by atoms with Gasteiger partial charge in [0.2, 0.25) is 0 Å². The van der Waals surface area contributed by atoms with E-state index in [9.17, 15) is 4.79 Å². The highest BCUT2D eigenvalue weighted by molar-refractivity contribution is 7.98. The normalized spacial score (nSPS) is 13.0. The van der Waals surface area contributed by atoms with E-state index >= 15 is 0 Å². The van der Waals surface area contributed by atoms with Gasteiger partial charge in [-0.1, -0.05) is 0 Å². The molecule has 0 N–H and O–H groups in total. The van der Waals surface area contributed by atoms with Gasteiger partial charge < -0.3 is 10.1 Å². The molecular weight excluding hydrogens is 198 g/mol. The van der Waals surface area contributed by atoms with Crippen molar-refractivity contribution in [3.05, 3.63) is 22.0 Å². The van der Waals surface area contributed by atoms with Gasteiger partial charge in [0, 0.05) is 16.5 Å². The van der Waals surface area contributed by atoms with E-state index in [4.69, 9.17) is 5.41 Å². The van der Waals surface area contributed by atoms with E-state index < -0.39 is 5.97 Å². The largest absolute Gasteiger partial charge is 0.763 e. The molecule has 0 amide bonds. The molecule has 0 aliphatic heterocycles. The average Bonchev–Trinajstić information content (AvgIpc) is 2.18. The van der Waals surface area contributed by atoms with Crippen LogP contribution < -0.4 is 0 Å². The van der Waals surface area contributed by atoms with E-state index in [0.717, 1.165) is 5.75 Å². The molecule has 0 saturated carbocycles. The number of methoxy groups -OCH3 is 1. The summed E-state index contributed by atoms with van der Waals surface area (Å²) in [6, 6.07) is 0. The molecule has 0 aromatic carbocycles. The molecule has 14 heavy (non-hydrogen) atoms. The zero-order valence-corrected chi connectivity index (χ0v) is 9.77. The molecule has 0 radical (unpaired) electrons. The lowest BCUT2D eigenvalue weighted by Gasteiger charge is -2.03. The van der Waals surface area contributed by atoms with Gasteiger partial charge in [0.15, 0.2) is 0 Å². The van der Waals surface area contributed by atoms with E-state index in [1.807, 2.05) is 11.3 Å². The van der Waals surface area contributed by atoms with Gasteiger partial charge in [0.1, 0.15) is 17.4 Å².